The molecule has 0 spiro atoms. The van der Waals surface area contributed by atoms with Crippen LogP contribution in [0, 0.1) is 17.1 Å². The molecule has 2 N–H and O–H groups in total. The summed E-state index contributed by atoms with van der Waals surface area (Å²) < 4.78 is 13.6. The first-order valence-corrected chi connectivity index (χ1v) is 7.17. The fourth-order valence-electron chi connectivity index (χ4n) is 1.82. The Labute approximate surface area is 116 Å². The van der Waals surface area contributed by atoms with Gasteiger partial charge >= 0.3 is 0 Å². The Kier molecular flexibility index (Phi) is 4.63. The number of hydrogen-bond acceptors (Lipinski definition) is 3. The second-order valence-electron chi connectivity index (χ2n) is 4.19. The van der Waals surface area contributed by atoms with Crippen LogP contribution in [0.1, 0.15) is 11.1 Å². The van der Waals surface area contributed by atoms with E-state index < -0.39 is 0 Å². The Morgan fingerprint density at radius 3 is 2.89 bits per heavy atom. The van der Waals surface area contributed by atoms with Crippen molar-refractivity contribution in [2.75, 3.05) is 24.6 Å². The summed E-state index contributed by atoms with van der Waals surface area (Å²) in [5, 5.41) is 8.79. The summed E-state index contributed by atoms with van der Waals surface area (Å²) >= 11 is 1.89. The maximum Gasteiger partial charge on any atom is 0.191 e. The second kappa shape index (κ2) is 6.43. The van der Waals surface area contributed by atoms with E-state index in [2.05, 4.69) is 4.99 Å². The van der Waals surface area contributed by atoms with Crippen LogP contribution in [0.3, 0.4) is 0 Å². The Hall–Kier alpha value is -1.74. The van der Waals surface area contributed by atoms with Crippen LogP contribution in [0.2, 0.25) is 0 Å². The molecule has 0 aliphatic carbocycles. The third kappa shape index (κ3) is 3.61. The van der Waals surface area contributed by atoms with E-state index >= 15 is 0 Å². The SMILES string of the molecule is N#Cc1ccc(F)c(CN=C(N)N2CCSCC2)c1. The van der Waals surface area contributed by atoms with Crippen LogP contribution < -0.4 is 5.73 Å². The van der Waals surface area contributed by atoms with E-state index in [-0.39, 0.29) is 12.4 Å². The van der Waals surface area contributed by atoms with Crippen molar-refractivity contribution in [1.29, 1.82) is 5.26 Å². The van der Waals surface area contributed by atoms with Gasteiger partial charge in [0.05, 0.1) is 18.2 Å². The van der Waals surface area contributed by atoms with Gasteiger partial charge in [0.15, 0.2) is 5.96 Å². The molecule has 0 radical (unpaired) electrons. The van der Waals surface area contributed by atoms with Crippen molar-refractivity contribution in [2.45, 2.75) is 6.54 Å². The minimum absolute atomic E-state index is 0.164. The minimum atomic E-state index is -0.357. The molecule has 1 saturated heterocycles. The molecule has 0 saturated carbocycles. The molecule has 1 aliphatic heterocycles. The van der Waals surface area contributed by atoms with Gasteiger partial charge in [-0.05, 0) is 18.2 Å². The quantitative estimate of drug-likeness (QED) is 0.658. The third-order valence-electron chi connectivity index (χ3n) is 2.92. The van der Waals surface area contributed by atoms with Crippen molar-refractivity contribution in [1.82, 2.24) is 4.90 Å². The third-order valence-corrected chi connectivity index (χ3v) is 3.86. The highest BCUT2D eigenvalue weighted by atomic mass is 32.2. The predicted molar refractivity (Wildman–Crippen MR) is 75.3 cm³/mol. The van der Waals surface area contributed by atoms with Crippen molar-refractivity contribution in [2.24, 2.45) is 10.7 Å². The molecular formula is C13H15FN4S. The average molecular weight is 278 g/mol. The molecule has 1 aromatic rings. The molecule has 1 aliphatic rings. The summed E-state index contributed by atoms with van der Waals surface area (Å²) in [5.41, 5.74) is 6.72. The molecular weight excluding hydrogens is 263 g/mol. The monoisotopic (exact) mass is 278 g/mol. The maximum atomic E-state index is 13.6. The highest BCUT2D eigenvalue weighted by Gasteiger charge is 2.12. The van der Waals surface area contributed by atoms with Crippen LogP contribution in [-0.2, 0) is 6.54 Å². The van der Waals surface area contributed by atoms with Crippen molar-refractivity contribution < 1.29 is 4.39 Å². The van der Waals surface area contributed by atoms with Gasteiger partial charge in [-0.25, -0.2) is 9.38 Å². The fourth-order valence-corrected chi connectivity index (χ4v) is 2.73. The smallest absolute Gasteiger partial charge is 0.191 e. The zero-order valence-electron chi connectivity index (χ0n) is 10.5. The summed E-state index contributed by atoms with van der Waals surface area (Å²) in [7, 11) is 0. The van der Waals surface area contributed by atoms with E-state index in [1.54, 1.807) is 0 Å². The lowest BCUT2D eigenvalue weighted by molar-refractivity contribution is 0.455. The van der Waals surface area contributed by atoms with Gasteiger partial charge in [0, 0.05) is 30.2 Å². The number of rotatable bonds is 2. The molecule has 100 valence electrons. The van der Waals surface area contributed by atoms with Gasteiger partial charge in [-0.1, -0.05) is 0 Å². The number of halogens is 1. The molecule has 19 heavy (non-hydrogen) atoms. The highest BCUT2D eigenvalue weighted by molar-refractivity contribution is 7.99. The molecule has 0 amide bonds. The molecule has 2 rings (SSSR count). The summed E-state index contributed by atoms with van der Waals surface area (Å²) in [4.78, 5) is 6.22. The predicted octanol–water partition coefficient (Wildman–Crippen LogP) is 1.56. The van der Waals surface area contributed by atoms with E-state index in [9.17, 15) is 4.39 Å². The summed E-state index contributed by atoms with van der Waals surface area (Å²) in [6.07, 6.45) is 0. The van der Waals surface area contributed by atoms with Crippen molar-refractivity contribution in [3.8, 4) is 6.07 Å². The zero-order chi connectivity index (χ0) is 13.7. The van der Waals surface area contributed by atoms with E-state index in [1.165, 1.54) is 18.2 Å². The molecule has 0 atom stereocenters. The van der Waals surface area contributed by atoms with E-state index in [4.69, 9.17) is 11.0 Å². The van der Waals surface area contributed by atoms with Gasteiger partial charge in [-0.2, -0.15) is 17.0 Å². The van der Waals surface area contributed by atoms with Crippen LogP contribution in [-0.4, -0.2) is 35.5 Å². The number of aliphatic imine (C=N–C) groups is 1. The van der Waals surface area contributed by atoms with Crippen LogP contribution in [0.25, 0.3) is 0 Å². The first kappa shape index (κ1) is 13.7. The van der Waals surface area contributed by atoms with Crippen molar-refractivity contribution >= 4 is 17.7 Å². The molecule has 1 fully saturated rings. The molecule has 0 bridgehead atoms. The lowest BCUT2D eigenvalue weighted by Crippen LogP contribution is -2.42. The molecule has 1 heterocycles. The first-order valence-electron chi connectivity index (χ1n) is 6.02. The van der Waals surface area contributed by atoms with E-state index in [1.807, 2.05) is 22.7 Å². The van der Waals surface area contributed by atoms with Crippen LogP contribution in [0.15, 0.2) is 23.2 Å². The molecule has 1 aromatic carbocycles. The van der Waals surface area contributed by atoms with E-state index in [0.29, 0.717) is 17.1 Å². The summed E-state index contributed by atoms with van der Waals surface area (Å²) in [5.74, 6) is 2.16. The largest absolute Gasteiger partial charge is 0.370 e. The van der Waals surface area contributed by atoms with Crippen molar-refractivity contribution in [3.05, 3.63) is 35.1 Å². The molecule has 4 nitrogen and oxygen atoms in total. The average Bonchev–Trinajstić information content (AvgIpc) is 2.47. The topological polar surface area (TPSA) is 65.4 Å². The number of benzene rings is 1. The Bertz CT molecular complexity index is 518. The van der Waals surface area contributed by atoms with Crippen LogP contribution in [0.4, 0.5) is 4.39 Å². The number of nitrogens with zero attached hydrogens (tertiary/aromatic N) is 3. The second-order valence-corrected chi connectivity index (χ2v) is 5.42. The maximum absolute atomic E-state index is 13.6. The Morgan fingerprint density at radius 2 is 2.21 bits per heavy atom. The normalized spacial score (nSPS) is 16.2. The van der Waals surface area contributed by atoms with Gasteiger partial charge in [-0.15, -0.1) is 0 Å². The highest BCUT2D eigenvalue weighted by Crippen LogP contribution is 2.12. The lowest BCUT2D eigenvalue weighted by Gasteiger charge is -2.27. The lowest BCUT2D eigenvalue weighted by atomic mass is 10.1. The van der Waals surface area contributed by atoms with Gasteiger partial charge in [-0.3, -0.25) is 0 Å². The summed E-state index contributed by atoms with van der Waals surface area (Å²) in [6.45, 7) is 1.91. The minimum Gasteiger partial charge on any atom is -0.370 e. The number of thioether (sulfide) groups is 1. The first-order chi connectivity index (χ1) is 9.20. The van der Waals surface area contributed by atoms with Gasteiger partial charge < -0.3 is 10.6 Å². The Balaban J connectivity index is 2.06. The number of guanidine groups is 1. The zero-order valence-corrected chi connectivity index (χ0v) is 11.3. The van der Waals surface area contributed by atoms with Crippen LogP contribution >= 0.6 is 11.8 Å². The van der Waals surface area contributed by atoms with E-state index in [0.717, 1.165) is 24.6 Å². The Morgan fingerprint density at radius 1 is 1.47 bits per heavy atom. The van der Waals surface area contributed by atoms with Gasteiger partial charge in [0.2, 0.25) is 0 Å². The number of nitrogens with two attached hydrogens (primary N) is 1. The van der Waals surface area contributed by atoms with Gasteiger partial charge in [0.25, 0.3) is 0 Å². The molecule has 0 aromatic heterocycles. The number of hydrogen-bond donors (Lipinski definition) is 1. The summed E-state index contributed by atoms with van der Waals surface area (Å²) in [6, 6.07) is 6.24. The van der Waals surface area contributed by atoms with Crippen molar-refractivity contribution in [3.63, 3.8) is 0 Å². The number of nitriles is 1. The van der Waals surface area contributed by atoms with Gasteiger partial charge in [0.1, 0.15) is 5.82 Å². The molecule has 6 heteroatoms. The van der Waals surface area contributed by atoms with Crippen LogP contribution in [0.5, 0.6) is 0 Å². The fraction of sp³-hybridized carbons (Fsp3) is 0.385. The standard InChI is InChI=1S/C13H15FN4S/c14-12-2-1-10(8-15)7-11(12)9-17-13(16)18-3-5-19-6-4-18/h1-2,7H,3-6,9H2,(H2,16,17). The molecule has 0 unspecified atom stereocenters.